The first kappa shape index (κ1) is 75.0. The number of fused-ring (bicyclic) bond motifs is 16. The van der Waals surface area contributed by atoms with Crippen LogP contribution in [0.25, 0.3) is 175 Å². The molecular formula is C88H48Br8N8O2V2. The molecule has 6 aromatic heterocycles. The maximum atomic E-state index is 8.19. The Hall–Kier alpha value is -8.43. The molecule has 10 heterocycles. The fraction of sp³-hybridized carbons (Fsp3) is 0. The first-order chi connectivity index (χ1) is 52.9. The van der Waals surface area contributed by atoms with Gasteiger partial charge in [-0.05, 0) is 177 Å². The van der Waals surface area contributed by atoms with Crippen LogP contribution in [0.1, 0.15) is 45.6 Å². The van der Waals surface area contributed by atoms with E-state index in [1.807, 2.05) is 97.1 Å². The molecule has 518 valence electrons. The van der Waals surface area contributed by atoms with E-state index in [9.17, 15) is 0 Å². The van der Waals surface area contributed by atoms with Crippen LogP contribution in [0.5, 0.6) is 0 Å². The van der Waals surface area contributed by atoms with Gasteiger partial charge in [-0.2, -0.15) is 0 Å². The third-order valence-corrected chi connectivity index (χ3v) is 26.6. The van der Waals surface area contributed by atoms with Crippen LogP contribution in [0.4, 0.5) is 0 Å². The molecule has 4 aliphatic heterocycles. The summed E-state index contributed by atoms with van der Waals surface area (Å²) >= 11 is 34.1. The van der Waals surface area contributed by atoms with Crippen molar-refractivity contribution in [2.24, 2.45) is 0 Å². The fourth-order valence-electron chi connectivity index (χ4n) is 13.6. The monoisotopic (exact) mass is 1980 g/mol. The third-order valence-electron chi connectivity index (χ3n) is 18.3. The Balaban J connectivity index is 0.000000166. The van der Waals surface area contributed by atoms with E-state index >= 15 is 0 Å². The number of nitrogens with zero attached hydrogens (tertiary/aromatic N) is 8. The van der Waals surface area contributed by atoms with Crippen molar-refractivity contribution >= 4 is 214 Å². The first-order valence-corrected chi connectivity index (χ1v) is 40.9. The molecule has 8 aromatic carbocycles. The van der Waals surface area contributed by atoms with Crippen molar-refractivity contribution in [2.75, 3.05) is 0 Å². The summed E-state index contributed by atoms with van der Waals surface area (Å²) in [6, 6.07) is 90.9. The van der Waals surface area contributed by atoms with Gasteiger partial charge in [-0.15, -0.1) is 44.1 Å². The van der Waals surface area contributed by atoms with Gasteiger partial charge in [0.05, 0.1) is 63.5 Å². The number of hydrogen-bond acceptors (Lipinski definition) is 6. The van der Waals surface area contributed by atoms with Crippen LogP contribution >= 0.6 is 127 Å². The van der Waals surface area contributed by atoms with Gasteiger partial charge in [0.15, 0.2) is 0 Å². The van der Waals surface area contributed by atoms with Crippen LogP contribution in [0, 0.1) is 0 Å². The molecule has 0 aliphatic carbocycles. The predicted octanol–water partition coefficient (Wildman–Crippen LogP) is 26.9. The standard InChI is InChI=1S/C44H20Br8N4.C44H28N4.2O.2V/c45-29-31(47)39-26(22-15-7-2-8-16-22)41-33(49)35(51)43(55-41)28(24-19-11-4-12-20-24)44-36(52)34(50)42(56-44)27(23-17-9-3-10-18-23)40-32(48)30(46)38(54-40)25(37(29)53-39)21-13-5-1-6-14-21;1-5-13-29(14-6-1)41-33-21-23-35(45-33)42(30-15-7-2-8-16-30)37-25-27-39(47-37)44(32-19-11-4-12-20-32)40-28-26-38(48-40)43(31-17-9-3-10-18-31)36-24-22-34(41)46-36;;;;/h1-20H;1-28H;;;;/q2*-2;;;2*+2. The summed E-state index contributed by atoms with van der Waals surface area (Å²) in [6.45, 7) is 0. The molecule has 0 spiro atoms. The first-order valence-electron chi connectivity index (χ1n) is 33.4. The van der Waals surface area contributed by atoms with E-state index in [1.54, 1.807) is 0 Å². The molecule has 0 saturated carbocycles. The van der Waals surface area contributed by atoms with Crippen molar-refractivity contribution in [1.82, 2.24) is 39.9 Å². The van der Waals surface area contributed by atoms with Gasteiger partial charge in [0.2, 0.25) is 0 Å². The van der Waals surface area contributed by atoms with Crippen LogP contribution in [0.2, 0.25) is 0 Å². The summed E-state index contributed by atoms with van der Waals surface area (Å²) in [6.07, 6.45) is 8.41. The van der Waals surface area contributed by atoms with E-state index in [0.717, 1.165) is 204 Å². The molecule has 0 unspecified atom stereocenters. The summed E-state index contributed by atoms with van der Waals surface area (Å²) in [5.74, 6) is 0. The van der Waals surface area contributed by atoms with Gasteiger partial charge in [-0.25, -0.2) is 19.9 Å². The molecule has 16 bridgehead atoms. The van der Waals surface area contributed by atoms with E-state index in [1.165, 1.54) is 0 Å². The molecule has 0 N–H and O–H groups in total. The van der Waals surface area contributed by atoms with Gasteiger partial charge in [-0.1, -0.05) is 331 Å². The quantitative estimate of drug-likeness (QED) is 0.144. The van der Waals surface area contributed by atoms with Gasteiger partial charge >= 0.3 is 42.1 Å². The summed E-state index contributed by atoms with van der Waals surface area (Å²) in [7, 11) is 0. The summed E-state index contributed by atoms with van der Waals surface area (Å²) in [4.78, 5) is 43.2. The van der Waals surface area contributed by atoms with Crippen LogP contribution < -0.4 is 19.9 Å². The van der Waals surface area contributed by atoms with Gasteiger partial charge in [0.1, 0.15) is 0 Å². The molecule has 0 amide bonds. The maximum absolute atomic E-state index is 8.19. The average Bonchev–Trinajstić information content (AvgIpc) is 1.58. The van der Waals surface area contributed by atoms with E-state index in [2.05, 4.69) is 322 Å². The fourth-order valence-corrected chi connectivity index (χ4v) is 17.4. The van der Waals surface area contributed by atoms with E-state index in [4.69, 9.17) is 47.2 Å². The molecule has 14 aromatic rings. The van der Waals surface area contributed by atoms with Crippen LogP contribution in [-0.4, -0.2) is 19.9 Å². The Labute approximate surface area is 707 Å². The van der Waals surface area contributed by atoms with Crippen LogP contribution in [-0.2, 0) is 42.1 Å². The van der Waals surface area contributed by atoms with Gasteiger partial charge in [0, 0.05) is 17.9 Å². The second-order valence-corrected chi connectivity index (χ2v) is 30.9. The van der Waals surface area contributed by atoms with E-state index in [-0.39, 0.29) is 0 Å². The van der Waals surface area contributed by atoms with Crippen molar-refractivity contribution in [1.29, 1.82) is 0 Å². The SMILES string of the molecule is BrC1=C(Br)c2nc1c(-c1ccccc1)c1[n-]c(c(Br)c1Br)c(-c1ccccc1)c1nc(c(-c3ccccc3)c3[n-]c(c(Br)c3Br)c2-c2ccccc2)C(Br)=C1Br.C1=Cc2nc1c(-c1ccccc1)c1ccc([n-]1)c(-c1ccccc1)c1nc(c(-c3ccccc3)c3ccc([n-]3)c2-c2ccccc2)C=C1.[O]=[V+2].[O]=[V+2]. The van der Waals surface area contributed by atoms with Gasteiger partial charge in [0.25, 0.3) is 0 Å². The molecule has 18 rings (SSSR count). The summed E-state index contributed by atoms with van der Waals surface area (Å²) in [5.41, 5.74) is 27.9. The molecular weight excluding hydrogens is 1940 g/mol. The molecule has 0 radical (unpaired) electrons. The topological polar surface area (TPSA) is 142 Å². The van der Waals surface area contributed by atoms with Gasteiger partial charge < -0.3 is 19.9 Å². The van der Waals surface area contributed by atoms with Crippen molar-refractivity contribution in [3.8, 4) is 89.0 Å². The Morgan fingerprint density at radius 1 is 0.204 bits per heavy atom. The average molecular weight is 1990 g/mol. The second kappa shape index (κ2) is 33.4. The zero-order valence-corrected chi connectivity index (χ0v) is 71.5. The zero-order valence-electron chi connectivity index (χ0n) is 56.0. The molecule has 10 nitrogen and oxygen atoms in total. The number of halogens is 8. The Morgan fingerprint density at radius 2 is 0.370 bits per heavy atom. The van der Waals surface area contributed by atoms with Crippen molar-refractivity contribution in [2.45, 2.75) is 0 Å². The molecule has 20 heteroatoms. The van der Waals surface area contributed by atoms with Crippen molar-refractivity contribution in [3.05, 3.63) is 330 Å². The Kier molecular flexibility index (Phi) is 23.2. The number of aromatic nitrogens is 8. The van der Waals surface area contributed by atoms with E-state index in [0.29, 0.717) is 44.8 Å². The van der Waals surface area contributed by atoms with Crippen molar-refractivity contribution < 1.29 is 42.1 Å². The minimum atomic E-state index is 0.716. The van der Waals surface area contributed by atoms with Crippen LogP contribution in [0.3, 0.4) is 0 Å². The normalized spacial score (nSPS) is 12.1. The molecule has 108 heavy (non-hydrogen) atoms. The Morgan fingerprint density at radius 3 is 0.546 bits per heavy atom. The Bertz CT molecular complexity index is 5590. The number of hydrogen-bond donors (Lipinski definition) is 0. The molecule has 0 saturated heterocycles. The second-order valence-electron chi connectivity index (χ2n) is 24.5. The van der Waals surface area contributed by atoms with Crippen molar-refractivity contribution in [3.63, 3.8) is 0 Å². The molecule has 4 aliphatic rings. The number of rotatable bonds is 8. The molecule has 0 fully saturated rings. The van der Waals surface area contributed by atoms with Crippen LogP contribution in [0.15, 0.2) is 285 Å². The third kappa shape index (κ3) is 14.4. The summed E-state index contributed by atoms with van der Waals surface area (Å²) < 4.78 is 22.7. The van der Waals surface area contributed by atoms with E-state index < -0.39 is 0 Å². The minimum absolute atomic E-state index is 0.716. The zero-order chi connectivity index (χ0) is 74.7. The summed E-state index contributed by atoms with van der Waals surface area (Å²) in [5, 5.41) is 0. The number of benzene rings is 8. The predicted molar refractivity (Wildman–Crippen MR) is 461 cm³/mol. The molecule has 0 atom stereocenters. The van der Waals surface area contributed by atoms with Gasteiger partial charge in [-0.3, -0.25) is 0 Å².